The highest BCUT2D eigenvalue weighted by atomic mass is 15.5. The van der Waals surface area contributed by atoms with Crippen LogP contribution in [0.1, 0.15) is 11.3 Å². The van der Waals surface area contributed by atoms with Crippen molar-refractivity contribution in [3.05, 3.63) is 35.7 Å². The third kappa shape index (κ3) is 1.83. The molecule has 0 spiro atoms. The van der Waals surface area contributed by atoms with Crippen LogP contribution in [0.4, 0.5) is 5.69 Å². The summed E-state index contributed by atoms with van der Waals surface area (Å²) in [7, 11) is 1.86. The number of hydrogen-bond acceptors (Lipinski definition) is 5. The first kappa shape index (κ1) is 12.3. The lowest BCUT2D eigenvalue weighted by Gasteiger charge is -2.07. The van der Waals surface area contributed by atoms with Crippen molar-refractivity contribution in [2.45, 2.75) is 13.8 Å². The normalized spacial score (nSPS) is 10.9. The molecule has 102 valence electrons. The number of benzene rings is 1. The number of rotatable bonds is 2. The summed E-state index contributed by atoms with van der Waals surface area (Å²) in [5.41, 5.74) is 10.3. The van der Waals surface area contributed by atoms with E-state index in [0.717, 1.165) is 22.5 Å². The molecule has 0 amide bonds. The van der Waals surface area contributed by atoms with Crippen molar-refractivity contribution in [2.24, 2.45) is 7.05 Å². The van der Waals surface area contributed by atoms with Crippen LogP contribution in [0.25, 0.3) is 17.1 Å². The van der Waals surface area contributed by atoms with E-state index in [0.29, 0.717) is 11.5 Å². The molecule has 0 atom stereocenters. The molecule has 0 bridgehead atoms. The van der Waals surface area contributed by atoms with E-state index in [-0.39, 0.29) is 0 Å². The largest absolute Gasteiger partial charge is 0.398 e. The van der Waals surface area contributed by atoms with Crippen molar-refractivity contribution in [1.29, 1.82) is 0 Å². The Morgan fingerprint density at radius 2 is 2.00 bits per heavy atom. The summed E-state index contributed by atoms with van der Waals surface area (Å²) in [6.45, 7) is 3.88. The maximum Gasteiger partial charge on any atom is 0.189 e. The topological polar surface area (TPSA) is 87.4 Å². The molecule has 3 aromatic rings. The van der Waals surface area contributed by atoms with Gasteiger partial charge in [0.15, 0.2) is 5.82 Å². The van der Waals surface area contributed by atoms with Gasteiger partial charge in [0.2, 0.25) is 0 Å². The minimum atomic E-state index is 0.613. The van der Waals surface area contributed by atoms with Crippen LogP contribution in [0.15, 0.2) is 24.4 Å². The molecule has 0 aliphatic heterocycles. The minimum Gasteiger partial charge on any atom is -0.398 e. The highest BCUT2D eigenvalue weighted by Crippen LogP contribution is 2.28. The Morgan fingerprint density at radius 3 is 2.70 bits per heavy atom. The second-order valence-corrected chi connectivity index (χ2v) is 4.72. The van der Waals surface area contributed by atoms with E-state index in [9.17, 15) is 0 Å². The van der Waals surface area contributed by atoms with Crippen LogP contribution in [-0.2, 0) is 7.05 Å². The van der Waals surface area contributed by atoms with Gasteiger partial charge in [0, 0.05) is 18.3 Å². The Kier molecular flexibility index (Phi) is 2.74. The summed E-state index contributed by atoms with van der Waals surface area (Å²) in [5.74, 6) is 0.613. The Hall–Kier alpha value is -2.70. The van der Waals surface area contributed by atoms with Crippen LogP contribution < -0.4 is 5.73 Å². The average molecular weight is 269 g/mol. The van der Waals surface area contributed by atoms with Gasteiger partial charge in [-0.3, -0.25) is 4.68 Å². The van der Waals surface area contributed by atoms with Gasteiger partial charge in [0.1, 0.15) is 5.69 Å². The number of aryl methyl sites for hydroxylation is 3. The zero-order chi connectivity index (χ0) is 14.3. The zero-order valence-corrected chi connectivity index (χ0v) is 11.6. The fourth-order valence-corrected chi connectivity index (χ4v) is 2.19. The monoisotopic (exact) mass is 269 g/mol. The van der Waals surface area contributed by atoms with Gasteiger partial charge in [-0.25, -0.2) is 0 Å². The Morgan fingerprint density at radius 1 is 1.20 bits per heavy atom. The number of hydrogen-bond donors (Lipinski definition) is 1. The maximum absolute atomic E-state index is 6.13. The molecule has 3 rings (SSSR count). The standard InChI is InChI=1S/C13H15N7/c1-8-5-4-6-10(12(8)14)13-15-17-18-20(13)11-7-19(3)16-9(11)2/h4-7H,14H2,1-3H3. The van der Waals surface area contributed by atoms with Crippen molar-refractivity contribution in [1.82, 2.24) is 30.0 Å². The molecule has 7 heteroatoms. The predicted molar refractivity (Wildman–Crippen MR) is 75.2 cm³/mol. The highest BCUT2D eigenvalue weighted by Gasteiger charge is 2.17. The molecule has 20 heavy (non-hydrogen) atoms. The molecule has 0 aliphatic carbocycles. The summed E-state index contributed by atoms with van der Waals surface area (Å²) < 4.78 is 3.39. The fraction of sp³-hybridized carbons (Fsp3) is 0.231. The maximum atomic E-state index is 6.13. The van der Waals surface area contributed by atoms with Gasteiger partial charge in [-0.15, -0.1) is 5.10 Å². The lowest BCUT2D eigenvalue weighted by atomic mass is 10.1. The van der Waals surface area contributed by atoms with Crippen LogP contribution >= 0.6 is 0 Å². The smallest absolute Gasteiger partial charge is 0.189 e. The van der Waals surface area contributed by atoms with Gasteiger partial charge in [0.25, 0.3) is 0 Å². The number of aromatic nitrogens is 6. The molecule has 0 fully saturated rings. The van der Waals surface area contributed by atoms with E-state index in [2.05, 4.69) is 20.6 Å². The third-order valence-corrected chi connectivity index (χ3v) is 3.25. The third-order valence-electron chi connectivity index (χ3n) is 3.25. The van der Waals surface area contributed by atoms with Crippen LogP contribution in [0.2, 0.25) is 0 Å². The van der Waals surface area contributed by atoms with Gasteiger partial charge < -0.3 is 5.73 Å². The highest BCUT2D eigenvalue weighted by molar-refractivity contribution is 5.74. The SMILES string of the molecule is Cc1cccc(-c2nnnn2-c2cn(C)nc2C)c1N. The Bertz CT molecular complexity index is 769. The summed E-state index contributed by atoms with van der Waals surface area (Å²) in [6.07, 6.45) is 1.88. The van der Waals surface area contributed by atoms with E-state index in [1.807, 2.05) is 45.3 Å². The summed E-state index contributed by atoms with van der Waals surface area (Å²) in [4.78, 5) is 0. The van der Waals surface area contributed by atoms with Crippen molar-refractivity contribution < 1.29 is 0 Å². The molecule has 0 aliphatic rings. The summed E-state index contributed by atoms with van der Waals surface area (Å²) >= 11 is 0. The molecule has 0 saturated carbocycles. The van der Waals surface area contributed by atoms with E-state index in [4.69, 9.17) is 5.73 Å². The molecule has 7 nitrogen and oxygen atoms in total. The van der Waals surface area contributed by atoms with Gasteiger partial charge >= 0.3 is 0 Å². The number of nitrogen functional groups attached to an aromatic ring is 1. The fourth-order valence-electron chi connectivity index (χ4n) is 2.19. The first-order valence-corrected chi connectivity index (χ1v) is 6.22. The molecular weight excluding hydrogens is 254 g/mol. The summed E-state index contributed by atoms with van der Waals surface area (Å²) in [6, 6.07) is 5.81. The molecule has 2 N–H and O–H groups in total. The van der Waals surface area contributed by atoms with Crippen molar-refractivity contribution >= 4 is 5.69 Å². The minimum absolute atomic E-state index is 0.613. The van der Waals surface area contributed by atoms with E-state index in [1.165, 1.54) is 0 Å². The quantitative estimate of drug-likeness (QED) is 0.708. The number of nitrogens with zero attached hydrogens (tertiary/aromatic N) is 6. The van der Waals surface area contributed by atoms with Crippen LogP contribution in [-0.4, -0.2) is 30.0 Å². The summed E-state index contributed by atoms with van der Waals surface area (Å²) in [5, 5.41) is 16.2. The van der Waals surface area contributed by atoms with Crippen LogP contribution in [0.5, 0.6) is 0 Å². The van der Waals surface area contributed by atoms with Crippen molar-refractivity contribution in [3.8, 4) is 17.1 Å². The lowest BCUT2D eigenvalue weighted by molar-refractivity contribution is 0.755. The van der Waals surface area contributed by atoms with Crippen molar-refractivity contribution in [2.75, 3.05) is 5.73 Å². The molecule has 0 saturated heterocycles. The second kappa shape index (κ2) is 4.44. The lowest BCUT2D eigenvalue weighted by Crippen LogP contribution is -2.03. The number of nitrogens with two attached hydrogens (primary N) is 1. The van der Waals surface area contributed by atoms with Crippen molar-refractivity contribution in [3.63, 3.8) is 0 Å². The van der Waals surface area contributed by atoms with Crippen LogP contribution in [0, 0.1) is 13.8 Å². The van der Waals surface area contributed by atoms with E-state index >= 15 is 0 Å². The van der Waals surface area contributed by atoms with E-state index in [1.54, 1.807) is 9.36 Å². The van der Waals surface area contributed by atoms with Gasteiger partial charge in [-0.2, -0.15) is 9.78 Å². The van der Waals surface area contributed by atoms with Gasteiger partial charge in [-0.1, -0.05) is 12.1 Å². The average Bonchev–Trinajstić information content (AvgIpc) is 2.99. The molecule has 2 heterocycles. The van der Waals surface area contributed by atoms with Crippen LogP contribution in [0.3, 0.4) is 0 Å². The molecule has 2 aromatic heterocycles. The molecule has 1 aromatic carbocycles. The number of tetrazole rings is 1. The first-order valence-electron chi connectivity index (χ1n) is 6.22. The second-order valence-electron chi connectivity index (χ2n) is 4.72. The first-order chi connectivity index (χ1) is 9.58. The molecule has 0 radical (unpaired) electrons. The number of anilines is 1. The number of para-hydroxylation sites is 1. The molecular formula is C13H15N7. The van der Waals surface area contributed by atoms with Gasteiger partial charge in [0.05, 0.1) is 11.9 Å². The zero-order valence-electron chi connectivity index (χ0n) is 11.6. The van der Waals surface area contributed by atoms with E-state index < -0.39 is 0 Å². The molecule has 0 unspecified atom stereocenters. The Labute approximate surface area is 116 Å². The Balaban J connectivity index is 2.20. The van der Waals surface area contributed by atoms with Gasteiger partial charge in [-0.05, 0) is 35.9 Å². The predicted octanol–water partition coefficient (Wildman–Crippen LogP) is 1.26.